The van der Waals surface area contributed by atoms with Gasteiger partial charge in [-0.1, -0.05) is 143 Å². The Hall–Kier alpha value is -3.58. The van der Waals surface area contributed by atoms with Gasteiger partial charge in [-0.05, 0) is 79.2 Å². The van der Waals surface area contributed by atoms with E-state index in [9.17, 15) is 0 Å². The predicted molar refractivity (Wildman–Crippen MR) is 170 cm³/mol. The smallest absolute Gasteiger partial charge is 0.0618 e. The minimum absolute atomic E-state index is 0.167. The molecule has 0 atom stereocenters. The quantitative estimate of drug-likeness (QED) is 0.217. The molecule has 0 radical (unpaired) electrons. The van der Waals surface area contributed by atoms with E-state index >= 15 is 0 Å². The minimum atomic E-state index is 0.167. The maximum atomic E-state index is 2.51. The molecule has 0 fully saturated rings. The summed E-state index contributed by atoms with van der Waals surface area (Å²) in [4.78, 5) is 0. The molecule has 5 aromatic carbocycles. The molecule has 0 aromatic heterocycles. The zero-order chi connectivity index (χ0) is 26.6. The molecule has 0 nitrogen and oxygen atoms in total. The average molecular weight is 493 g/mol. The lowest BCUT2D eigenvalue weighted by Gasteiger charge is -2.29. The van der Waals surface area contributed by atoms with E-state index in [2.05, 4.69) is 139 Å². The van der Waals surface area contributed by atoms with Crippen molar-refractivity contribution in [3.05, 3.63) is 113 Å². The van der Waals surface area contributed by atoms with Crippen molar-refractivity contribution >= 4 is 56.8 Å². The van der Waals surface area contributed by atoms with Gasteiger partial charge in [0.05, 0.1) is 0 Å². The van der Waals surface area contributed by atoms with Gasteiger partial charge in [0.2, 0.25) is 6.71 Å². The molecule has 1 heteroatoms. The summed E-state index contributed by atoms with van der Waals surface area (Å²) < 4.78 is 0. The highest BCUT2D eigenvalue weighted by Gasteiger charge is 2.33. The Labute approximate surface area is 228 Å². The van der Waals surface area contributed by atoms with Crippen LogP contribution in [-0.2, 0) is 0 Å². The van der Waals surface area contributed by atoms with E-state index < -0.39 is 0 Å². The van der Waals surface area contributed by atoms with Gasteiger partial charge in [0.25, 0.3) is 0 Å². The standard InChI is InChI=1S/C37H37B/c1-23(2)32-19-33(24(3)4)37(34(20-32)25(5)6)38-35-21-28-13-9-7-11-26(28)17-30(35)15-16-31-18-27-12-8-10-14-29(27)22-36(31)38/h7-25H,1-6H3. The number of rotatable bonds is 4. The number of benzene rings is 5. The third-order valence-corrected chi connectivity index (χ3v) is 8.43. The van der Waals surface area contributed by atoms with Gasteiger partial charge in [-0.3, -0.25) is 0 Å². The van der Waals surface area contributed by atoms with Crippen molar-refractivity contribution in [2.24, 2.45) is 0 Å². The van der Waals surface area contributed by atoms with Crippen LogP contribution in [0, 0.1) is 0 Å². The normalized spacial score (nSPS) is 13.0. The topological polar surface area (TPSA) is 0 Å². The molecule has 0 bridgehead atoms. The second-order valence-electron chi connectivity index (χ2n) is 12.0. The molecule has 38 heavy (non-hydrogen) atoms. The van der Waals surface area contributed by atoms with Crippen molar-refractivity contribution in [3.8, 4) is 0 Å². The summed E-state index contributed by atoms with van der Waals surface area (Å²) in [6.45, 7) is 14.3. The van der Waals surface area contributed by atoms with Gasteiger partial charge in [-0.25, -0.2) is 0 Å². The van der Waals surface area contributed by atoms with E-state index in [-0.39, 0.29) is 6.71 Å². The lowest BCUT2D eigenvalue weighted by Crippen LogP contribution is -2.56. The molecular weight excluding hydrogens is 455 g/mol. The first-order chi connectivity index (χ1) is 18.3. The predicted octanol–water partition coefficient (Wildman–Crippen LogP) is 8.36. The Morgan fingerprint density at radius 1 is 0.474 bits per heavy atom. The maximum absolute atomic E-state index is 2.51. The van der Waals surface area contributed by atoms with Gasteiger partial charge in [-0.2, -0.15) is 0 Å². The highest BCUT2D eigenvalue weighted by Crippen LogP contribution is 2.29. The van der Waals surface area contributed by atoms with E-state index in [1.807, 2.05) is 0 Å². The second kappa shape index (κ2) is 9.62. The summed E-state index contributed by atoms with van der Waals surface area (Å²) in [6, 6.07) is 32.4. The highest BCUT2D eigenvalue weighted by molar-refractivity contribution is 6.97. The first kappa shape index (κ1) is 24.7. The molecule has 5 aromatic rings. The van der Waals surface area contributed by atoms with E-state index in [1.165, 1.54) is 65.8 Å². The molecule has 0 spiro atoms. The molecule has 0 saturated heterocycles. The lowest BCUT2D eigenvalue weighted by atomic mass is 9.33. The second-order valence-corrected chi connectivity index (χ2v) is 12.0. The fourth-order valence-electron chi connectivity index (χ4n) is 6.34. The highest BCUT2D eigenvalue weighted by atomic mass is 14.2. The molecule has 1 aliphatic rings. The van der Waals surface area contributed by atoms with E-state index in [4.69, 9.17) is 0 Å². The summed E-state index contributed by atoms with van der Waals surface area (Å²) in [6.07, 6.45) is 4.70. The summed E-state index contributed by atoms with van der Waals surface area (Å²) in [7, 11) is 0. The van der Waals surface area contributed by atoms with Crippen molar-refractivity contribution in [3.63, 3.8) is 0 Å². The Morgan fingerprint density at radius 3 is 1.24 bits per heavy atom. The van der Waals surface area contributed by atoms with Crippen molar-refractivity contribution < 1.29 is 0 Å². The Morgan fingerprint density at radius 2 is 0.868 bits per heavy atom. The summed E-state index contributed by atoms with van der Waals surface area (Å²) >= 11 is 0. The van der Waals surface area contributed by atoms with Crippen LogP contribution >= 0.6 is 0 Å². The van der Waals surface area contributed by atoms with Crippen molar-refractivity contribution in [1.29, 1.82) is 0 Å². The van der Waals surface area contributed by atoms with Crippen LogP contribution in [-0.4, -0.2) is 6.71 Å². The first-order valence-electron chi connectivity index (χ1n) is 14.2. The third-order valence-electron chi connectivity index (χ3n) is 8.43. The molecule has 0 amide bonds. The van der Waals surface area contributed by atoms with Crippen LogP contribution in [0.3, 0.4) is 0 Å². The SMILES string of the molecule is CC(C)c1cc(C(C)C)c(B2c3cc4ccccc4cc3C=Cc3cc4ccccc4cc32)c(C(C)C)c1. The van der Waals surface area contributed by atoms with Crippen LogP contribution in [0.1, 0.15) is 87.1 Å². The van der Waals surface area contributed by atoms with Crippen LogP contribution in [0.2, 0.25) is 0 Å². The third kappa shape index (κ3) is 4.19. The zero-order valence-corrected chi connectivity index (χ0v) is 23.5. The summed E-state index contributed by atoms with van der Waals surface area (Å²) in [5.41, 5.74) is 11.4. The summed E-state index contributed by atoms with van der Waals surface area (Å²) in [5, 5.41) is 5.22. The first-order valence-corrected chi connectivity index (χ1v) is 14.2. The average Bonchev–Trinajstić information content (AvgIpc) is 3.05. The number of hydrogen-bond donors (Lipinski definition) is 0. The number of fused-ring (bicyclic) bond motifs is 4. The van der Waals surface area contributed by atoms with Crippen molar-refractivity contribution in [2.75, 3.05) is 0 Å². The molecule has 1 aliphatic heterocycles. The van der Waals surface area contributed by atoms with Gasteiger partial charge in [0.1, 0.15) is 0 Å². The van der Waals surface area contributed by atoms with Crippen LogP contribution in [0.5, 0.6) is 0 Å². The van der Waals surface area contributed by atoms with Crippen molar-refractivity contribution in [2.45, 2.75) is 59.3 Å². The molecule has 6 rings (SSSR count). The van der Waals surface area contributed by atoms with Crippen LogP contribution in [0.4, 0.5) is 0 Å². The molecule has 1 heterocycles. The van der Waals surface area contributed by atoms with Gasteiger partial charge >= 0.3 is 0 Å². The Balaban J connectivity index is 1.76. The molecule has 188 valence electrons. The molecule has 0 N–H and O–H groups in total. The van der Waals surface area contributed by atoms with E-state index in [0.717, 1.165) is 0 Å². The molecule has 0 aliphatic carbocycles. The summed E-state index contributed by atoms with van der Waals surface area (Å²) in [5.74, 6) is 1.37. The van der Waals surface area contributed by atoms with Crippen LogP contribution in [0.25, 0.3) is 33.7 Å². The van der Waals surface area contributed by atoms with Gasteiger partial charge in [0.15, 0.2) is 0 Å². The van der Waals surface area contributed by atoms with E-state index in [0.29, 0.717) is 17.8 Å². The largest absolute Gasteiger partial charge is 0.243 e. The van der Waals surface area contributed by atoms with Gasteiger partial charge in [-0.15, -0.1) is 0 Å². The van der Waals surface area contributed by atoms with Crippen LogP contribution in [0.15, 0.2) is 84.9 Å². The van der Waals surface area contributed by atoms with Gasteiger partial charge in [0, 0.05) is 0 Å². The monoisotopic (exact) mass is 492 g/mol. The fourth-order valence-corrected chi connectivity index (χ4v) is 6.34. The minimum Gasteiger partial charge on any atom is -0.0618 e. The Kier molecular flexibility index (Phi) is 6.27. The van der Waals surface area contributed by atoms with Gasteiger partial charge < -0.3 is 0 Å². The molecular formula is C37H37B. The Bertz CT molecular complexity index is 1580. The molecule has 0 saturated carbocycles. The van der Waals surface area contributed by atoms with E-state index in [1.54, 1.807) is 0 Å². The molecule has 0 unspecified atom stereocenters. The maximum Gasteiger partial charge on any atom is 0.243 e. The zero-order valence-electron chi connectivity index (χ0n) is 23.5. The fraction of sp³-hybridized carbons (Fsp3) is 0.243. The van der Waals surface area contributed by atoms with Crippen LogP contribution < -0.4 is 16.4 Å². The number of hydrogen-bond acceptors (Lipinski definition) is 0. The van der Waals surface area contributed by atoms with Crippen molar-refractivity contribution in [1.82, 2.24) is 0 Å². The lowest BCUT2D eigenvalue weighted by molar-refractivity contribution is 0.812.